The van der Waals surface area contributed by atoms with Crippen LogP contribution < -0.4 is 4.74 Å². The number of amides is 1. The van der Waals surface area contributed by atoms with Crippen LogP contribution >= 0.6 is 0 Å². The molecule has 0 spiro atoms. The van der Waals surface area contributed by atoms with Crippen molar-refractivity contribution in [3.8, 4) is 5.75 Å². The highest BCUT2D eigenvalue weighted by molar-refractivity contribution is 7.89. The Morgan fingerprint density at radius 3 is 2.20 bits per heavy atom. The maximum atomic E-state index is 13.1. The standard InChI is InChI=1S/C22H27FN2O4S/c1-16-5-6-17(2)20(15-16)29-22(3,4)21(26)24-11-13-25(14-12-24)30(27,28)19-9-7-18(23)8-10-19/h5-10,15H,11-14H2,1-4H3. The van der Waals surface area contributed by atoms with E-state index < -0.39 is 21.4 Å². The predicted molar refractivity (Wildman–Crippen MR) is 112 cm³/mol. The fraction of sp³-hybridized carbons (Fsp3) is 0.409. The molecule has 0 aliphatic carbocycles. The Kier molecular flexibility index (Phi) is 6.19. The second-order valence-electron chi connectivity index (χ2n) is 8.03. The molecule has 2 aromatic carbocycles. The van der Waals surface area contributed by atoms with Gasteiger partial charge in [-0.1, -0.05) is 12.1 Å². The first-order valence-corrected chi connectivity index (χ1v) is 11.3. The lowest BCUT2D eigenvalue weighted by Crippen LogP contribution is -2.56. The molecule has 8 heteroatoms. The second-order valence-corrected chi connectivity index (χ2v) is 9.97. The number of rotatable bonds is 5. The van der Waals surface area contributed by atoms with Crippen LogP contribution in [0.1, 0.15) is 25.0 Å². The van der Waals surface area contributed by atoms with Crippen molar-refractivity contribution < 1.29 is 22.3 Å². The third-order valence-electron chi connectivity index (χ3n) is 5.20. The average molecular weight is 435 g/mol. The zero-order valence-corrected chi connectivity index (χ0v) is 18.5. The summed E-state index contributed by atoms with van der Waals surface area (Å²) in [4.78, 5) is 14.7. The number of carbonyl (C=O) groups excluding carboxylic acids is 1. The third-order valence-corrected chi connectivity index (χ3v) is 7.11. The number of halogens is 1. The number of sulfonamides is 1. The van der Waals surface area contributed by atoms with E-state index >= 15 is 0 Å². The summed E-state index contributed by atoms with van der Waals surface area (Å²) in [6, 6.07) is 10.6. The SMILES string of the molecule is Cc1ccc(C)c(OC(C)(C)C(=O)N2CCN(S(=O)(=O)c3ccc(F)cc3)CC2)c1. The van der Waals surface area contributed by atoms with E-state index in [0.29, 0.717) is 5.75 Å². The Morgan fingerprint density at radius 2 is 1.60 bits per heavy atom. The number of hydrogen-bond donors (Lipinski definition) is 0. The molecule has 162 valence electrons. The molecular weight excluding hydrogens is 407 g/mol. The molecule has 0 atom stereocenters. The molecule has 0 unspecified atom stereocenters. The van der Waals surface area contributed by atoms with Crippen molar-refractivity contribution in [1.29, 1.82) is 0 Å². The van der Waals surface area contributed by atoms with Gasteiger partial charge in [0.25, 0.3) is 5.91 Å². The van der Waals surface area contributed by atoms with Crippen LogP contribution in [-0.4, -0.2) is 55.3 Å². The summed E-state index contributed by atoms with van der Waals surface area (Å²) < 4.78 is 46.0. The monoisotopic (exact) mass is 434 g/mol. The maximum absolute atomic E-state index is 13.1. The van der Waals surface area contributed by atoms with Crippen LogP contribution in [0.3, 0.4) is 0 Å². The summed E-state index contributed by atoms with van der Waals surface area (Å²) in [6.45, 7) is 8.20. The highest BCUT2D eigenvalue weighted by atomic mass is 32.2. The van der Waals surface area contributed by atoms with E-state index in [1.165, 1.54) is 16.4 Å². The van der Waals surface area contributed by atoms with Crippen LogP contribution in [0.15, 0.2) is 47.4 Å². The first kappa shape index (κ1) is 22.2. The summed E-state index contributed by atoms with van der Waals surface area (Å²) in [5.41, 5.74) is 0.895. The van der Waals surface area contributed by atoms with E-state index in [2.05, 4.69) is 0 Å². The molecular formula is C22H27FN2O4S. The van der Waals surface area contributed by atoms with Gasteiger partial charge in [0.05, 0.1) is 4.90 Å². The van der Waals surface area contributed by atoms with Crippen molar-refractivity contribution in [2.75, 3.05) is 26.2 Å². The van der Waals surface area contributed by atoms with Crippen molar-refractivity contribution in [3.63, 3.8) is 0 Å². The van der Waals surface area contributed by atoms with Gasteiger partial charge in [-0.2, -0.15) is 4.31 Å². The van der Waals surface area contributed by atoms with Crippen LogP contribution in [0.5, 0.6) is 5.75 Å². The number of piperazine rings is 1. The number of aryl methyl sites for hydroxylation is 2. The minimum absolute atomic E-state index is 0.0438. The molecule has 1 aliphatic rings. The van der Waals surface area contributed by atoms with Gasteiger partial charge < -0.3 is 9.64 Å². The fourth-order valence-corrected chi connectivity index (χ4v) is 4.83. The Bertz CT molecular complexity index is 1030. The van der Waals surface area contributed by atoms with E-state index in [1.54, 1.807) is 18.7 Å². The quantitative estimate of drug-likeness (QED) is 0.725. The Morgan fingerprint density at radius 1 is 1.00 bits per heavy atom. The molecule has 0 aromatic heterocycles. The Hall–Kier alpha value is -2.45. The summed E-state index contributed by atoms with van der Waals surface area (Å²) in [5.74, 6) is -0.0245. The van der Waals surface area contributed by atoms with Crippen molar-refractivity contribution in [2.24, 2.45) is 0 Å². The van der Waals surface area contributed by atoms with Gasteiger partial charge in [0.2, 0.25) is 10.0 Å². The molecule has 2 aromatic rings. The molecule has 1 heterocycles. The Balaban J connectivity index is 1.67. The highest BCUT2D eigenvalue weighted by Gasteiger charge is 2.38. The molecule has 1 fully saturated rings. The average Bonchev–Trinajstić information content (AvgIpc) is 2.70. The minimum Gasteiger partial charge on any atom is -0.478 e. The summed E-state index contributed by atoms with van der Waals surface area (Å²) in [6.07, 6.45) is 0. The normalized spacial score (nSPS) is 15.8. The smallest absolute Gasteiger partial charge is 0.266 e. The lowest BCUT2D eigenvalue weighted by Gasteiger charge is -2.38. The molecule has 3 rings (SSSR count). The largest absolute Gasteiger partial charge is 0.478 e. The lowest BCUT2D eigenvalue weighted by atomic mass is 10.1. The van der Waals surface area contributed by atoms with Crippen LogP contribution in [0.2, 0.25) is 0 Å². The van der Waals surface area contributed by atoms with Gasteiger partial charge in [0, 0.05) is 26.2 Å². The summed E-state index contributed by atoms with van der Waals surface area (Å²) >= 11 is 0. The zero-order chi connectivity index (χ0) is 22.1. The van der Waals surface area contributed by atoms with Gasteiger partial charge in [-0.25, -0.2) is 12.8 Å². The molecule has 6 nitrogen and oxygen atoms in total. The lowest BCUT2D eigenvalue weighted by molar-refractivity contribution is -0.146. The second kappa shape index (κ2) is 8.35. The number of ether oxygens (including phenoxy) is 1. The van der Waals surface area contributed by atoms with Crippen molar-refractivity contribution >= 4 is 15.9 Å². The van der Waals surface area contributed by atoms with E-state index in [-0.39, 0.29) is 37.0 Å². The van der Waals surface area contributed by atoms with E-state index in [0.717, 1.165) is 23.3 Å². The molecule has 1 saturated heterocycles. The molecule has 0 bridgehead atoms. The topological polar surface area (TPSA) is 66.9 Å². The number of carbonyl (C=O) groups is 1. The Labute approximate surface area is 177 Å². The van der Waals surface area contributed by atoms with Gasteiger partial charge in [-0.05, 0) is 69.2 Å². The highest BCUT2D eigenvalue weighted by Crippen LogP contribution is 2.26. The molecule has 0 N–H and O–H groups in total. The van der Waals surface area contributed by atoms with Gasteiger partial charge in [0.1, 0.15) is 11.6 Å². The molecule has 1 amide bonds. The van der Waals surface area contributed by atoms with E-state index in [9.17, 15) is 17.6 Å². The van der Waals surface area contributed by atoms with Crippen LogP contribution in [0.4, 0.5) is 4.39 Å². The van der Waals surface area contributed by atoms with Gasteiger partial charge in [-0.3, -0.25) is 4.79 Å². The van der Waals surface area contributed by atoms with E-state index in [4.69, 9.17) is 4.74 Å². The van der Waals surface area contributed by atoms with Gasteiger partial charge >= 0.3 is 0 Å². The number of hydrogen-bond acceptors (Lipinski definition) is 4. The summed E-state index contributed by atoms with van der Waals surface area (Å²) in [7, 11) is -3.72. The molecule has 0 radical (unpaired) electrons. The van der Waals surface area contributed by atoms with Gasteiger partial charge in [0.15, 0.2) is 5.60 Å². The predicted octanol–water partition coefficient (Wildman–Crippen LogP) is 3.13. The van der Waals surface area contributed by atoms with Crippen molar-refractivity contribution in [2.45, 2.75) is 38.2 Å². The number of benzene rings is 2. The molecule has 0 saturated carbocycles. The minimum atomic E-state index is -3.72. The first-order valence-electron chi connectivity index (χ1n) is 9.82. The fourth-order valence-electron chi connectivity index (χ4n) is 3.40. The van der Waals surface area contributed by atoms with Crippen LogP contribution in [0.25, 0.3) is 0 Å². The molecule has 1 aliphatic heterocycles. The van der Waals surface area contributed by atoms with Crippen molar-refractivity contribution in [1.82, 2.24) is 9.21 Å². The zero-order valence-electron chi connectivity index (χ0n) is 17.7. The first-order chi connectivity index (χ1) is 14.0. The number of nitrogens with zero attached hydrogens (tertiary/aromatic N) is 2. The van der Waals surface area contributed by atoms with Gasteiger partial charge in [-0.15, -0.1) is 0 Å². The van der Waals surface area contributed by atoms with Crippen molar-refractivity contribution in [3.05, 3.63) is 59.4 Å². The van der Waals surface area contributed by atoms with E-state index in [1.807, 2.05) is 32.0 Å². The maximum Gasteiger partial charge on any atom is 0.266 e. The third kappa shape index (κ3) is 4.65. The van der Waals surface area contributed by atoms with Crippen LogP contribution in [-0.2, 0) is 14.8 Å². The van der Waals surface area contributed by atoms with Crippen LogP contribution in [0, 0.1) is 19.7 Å². The summed E-state index contributed by atoms with van der Waals surface area (Å²) in [5, 5.41) is 0. The molecule has 30 heavy (non-hydrogen) atoms.